The molecule has 1 amide bonds. The molecular formula is C11H25NO5Si. The average Bonchev–Trinajstić information content (AvgIpc) is 2.29. The number of nitrogens with one attached hydrogen (secondary N) is 1. The third kappa shape index (κ3) is 7.65. The number of carbonyl (C=O) groups is 1. The summed E-state index contributed by atoms with van der Waals surface area (Å²) in [7, 11) is -2.55. The zero-order valence-corrected chi connectivity index (χ0v) is 12.5. The van der Waals surface area contributed by atoms with Gasteiger partial charge in [0.15, 0.2) is 0 Å². The van der Waals surface area contributed by atoms with Crippen LogP contribution in [0.15, 0.2) is 0 Å². The summed E-state index contributed by atoms with van der Waals surface area (Å²) in [6.07, 6.45) is 0.596. The molecule has 0 heterocycles. The Bertz CT molecular complexity index is 210. The molecule has 0 aromatic rings. The lowest BCUT2D eigenvalue weighted by Crippen LogP contribution is -2.46. The monoisotopic (exact) mass is 279 g/mol. The molecule has 0 saturated carbocycles. The van der Waals surface area contributed by atoms with Gasteiger partial charge in [0, 0.05) is 32.4 Å². The molecule has 0 aliphatic heterocycles. The second-order valence-electron chi connectivity index (χ2n) is 3.67. The summed E-state index contributed by atoms with van der Waals surface area (Å²) < 4.78 is 17.1. The SMILES string of the molecule is CCO[Si](CCCCNC(=O)O)(OCC)OCC. The van der Waals surface area contributed by atoms with Crippen molar-refractivity contribution in [3.05, 3.63) is 0 Å². The van der Waals surface area contributed by atoms with Gasteiger partial charge in [-0.15, -0.1) is 0 Å². The van der Waals surface area contributed by atoms with Crippen molar-refractivity contribution in [3.63, 3.8) is 0 Å². The van der Waals surface area contributed by atoms with Crippen LogP contribution in [0.1, 0.15) is 33.6 Å². The van der Waals surface area contributed by atoms with E-state index < -0.39 is 14.9 Å². The Hall–Kier alpha value is -0.633. The van der Waals surface area contributed by atoms with Gasteiger partial charge in [-0.05, 0) is 33.6 Å². The average molecular weight is 279 g/mol. The molecule has 108 valence electrons. The summed E-state index contributed by atoms with van der Waals surface area (Å²) in [5, 5.41) is 10.8. The standard InChI is InChI=1S/C11H25NO5Si/c1-4-15-18(16-5-2,17-6-3)10-8-7-9-12-11(13)14/h12H,4-10H2,1-3H3,(H,13,14). The molecule has 0 aliphatic rings. The zero-order chi connectivity index (χ0) is 13.9. The molecule has 0 spiro atoms. The van der Waals surface area contributed by atoms with Gasteiger partial charge in [0.25, 0.3) is 0 Å². The van der Waals surface area contributed by atoms with E-state index in [1.165, 1.54) is 0 Å². The van der Waals surface area contributed by atoms with E-state index in [2.05, 4.69) is 5.32 Å². The molecule has 0 radical (unpaired) electrons. The Morgan fingerprint density at radius 1 is 1.06 bits per heavy atom. The lowest BCUT2D eigenvalue weighted by molar-refractivity contribution is 0.0707. The molecular weight excluding hydrogens is 254 g/mol. The van der Waals surface area contributed by atoms with Crippen molar-refractivity contribution in [2.75, 3.05) is 26.4 Å². The van der Waals surface area contributed by atoms with Gasteiger partial charge in [0.2, 0.25) is 0 Å². The van der Waals surface area contributed by atoms with E-state index in [-0.39, 0.29) is 0 Å². The van der Waals surface area contributed by atoms with Crippen LogP contribution in [-0.2, 0) is 13.3 Å². The molecule has 6 nitrogen and oxygen atoms in total. The second-order valence-corrected chi connectivity index (χ2v) is 6.40. The van der Waals surface area contributed by atoms with Gasteiger partial charge < -0.3 is 23.7 Å². The maximum absolute atomic E-state index is 10.3. The Labute approximate surface area is 110 Å². The highest BCUT2D eigenvalue weighted by Crippen LogP contribution is 2.18. The van der Waals surface area contributed by atoms with E-state index >= 15 is 0 Å². The molecule has 2 N–H and O–H groups in total. The number of rotatable bonds is 11. The smallest absolute Gasteiger partial charge is 0.465 e. The van der Waals surface area contributed by atoms with E-state index in [0.29, 0.717) is 26.4 Å². The minimum atomic E-state index is -2.55. The number of hydrogen-bond acceptors (Lipinski definition) is 4. The number of amides is 1. The summed E-state index contributed by atoms with van der Waals surface area (Å²) in [5.74, 6) is 0. The van der Waals surface area contributed by atoms with Crippen molar-refractivity contribution in [2.24, 2.45) is 0 Å². The summed E-state index contributed by atoms with van der Waals surface area (Å²) in [6, 6.07) is 0.726. The molecule has 0 aromatic carbocycles. The number of unbranched alkanes of at least 4 members (excludes halogenated alkanes) is 1. The maximum atomic E-state index is 10.3. The summed E-state index contributed by atoms with van der Waals surface area (Å²) in [6.45, 7) is 7.92. The summed E-state index contributed by atoms with van der Waals surface area (Å²) in [4.78, 5) is 10.3. The molecule has 0 bridgehead atoms. The minimum Gasteiger partial charge on any atom is -0.465 e. The molecule has 0 aromatic heterocycles. The van der Waals surface area contributed by atoms with Crippen molar-refractivity contribution in [1.29, 1.82) is 0 Å². The van der Waals surface area contributed by atoms with Crippen LogP contribution in [0.4, 0.5) is 4.79 Å². The van der Waals surface area contributed by atoms with Gasteiger partial charge in [0.1, 0.15) is 0 Å². The molecule has 0 aliphatic carbocycles. The first kappa shape index (κ1) is 17.4. The van der Waals surface area contributed by atoms with Crippen molar-refractivity contribution in [2.45, 2.75) is 39.7 Å². The highest BCUT2D eigenvalue weighted by Gasteiger charge is 2.39. The first-order chi connectivity index (χ1) is 8.60. The van der Waals surface area contributed by atoms with Crippen LogP contribution in [-0.4, -0.2) is 46.4 Å². The third-order valence-electron chi connectivity index (χ3n) is 2.28. The fourth-order valence-corrected chi connectivity index (χ4v) is 4.35. The van der Waals surface area contributed by atoms with Crippen LogP contribution < -0.4 is 5.32 Å². The fourth-order valence-electron chi connectivity index (χ4n) is 1.66. The van der Waals surface area contributed by atoms with E-state index in [9.17, 15) is 4.79 Å². The predicted molar refractivity (Wildman–Crippen MR) is 70.7 cm³/mol. The van der Waals surface area contributed by atoms with E-state index in [1.54, 1.807) is 0 Å². The highest BCUT2D eigenvalue weighted by molar-refractivity contribution is 6.60. The highest BCUT2D eigenvalue weighted by atomic mass is 28.4. The van der Waals surface area contributed by atoms with Gasteiger partial charge in [-0.2, -0.15) is 0 Å². The van der Waals surface area contributed by atoms with Gasteiger partial charge in [0.05, 0.1) is 0 Å². The molecule has 0 fully saturated rings. The van der Waals surface area contributed by atoms with Gasteiger partial charge in [-0.3, -0.25) is 0 Å². The Kier molecular flexibility index (Phi) is 9.94. The van der Waals surface area contributed by atoms with E-state index in [1.807, 2.05) is 20.8 Å². The second kappa shape index (κ2) is 10.3. The lowest BCUT2D eigenvalue weighted by Gasteiger charge is -2.28. The third-order valence-corrected chi connectivity index (χ3v) is 5.43. The largest absolute Gasteiger partial charge is 0.500 e. The maximum Gasteiger partial charge on any atom is 0.500 e. The molecule has 0 unspecified atom stereocenters. The van der Waals surface area contributed by atoms with Crippen LogP contribution in [0.3, 0.4) is 0 Å². The van der Waals surface area contributed by atoms with Crippen LogP contribution in [0.2, 0.25) is 6.04 Å². The lowest BCUT2D eigenvalue weighted by atomic mass is 10.3. The zero-order valence-electron chi connectivity index (χ0n) is 11.5. The van der Waals surface area contributed by atoms with E-state index in [4.69, 9.17) is 18.4 Å². The minimum absolute atomic E-state index is 0.449. The van der Waals surface area contributed by atoms with Crippen LogP contribution >= 0.6 is 0 Å². The molecule has 0 atom stereocenters. The predicted octanol–water partition coefficient (Wildman–Crippen LogP) is 2.08. The fraction of sp³-hybridized carbons (Fsp3) is 0.909. The Balaban J connectivity index is 4.08. The van der Waals surface area contributed by atoms with Crippen LogP contribution in [0.5, 0.6) is 0 Å². The molecule has 0 rings (SSSR count). The Morgan fingerprint density at radius 2 is 1.56 bits per heavy atom. The number of hydrogen-bond donors (Lipinski definition) is 2. The molecule has 18 heavy (non-hydrogen) atoms. The van der Waals surface area contributed by atoms with Crippen LogP contribution in [0.25, 0.3) is 0 Å². The van der Waals surface area contributed by atoms with Gasteiger partial charge in [-0.1, -0.05) is 0 Å². The first-order valence-corrected chi connectivity index (χ1v) is 8.42. The Morgan fingerprint density at radius 3 is 1.94 bits per heavy atom. The summed E-state index contributed by atoms with van der Waals surface area (Å²) >= 11 is 0. The molecule has 0 saturated heterocycles. The normalized spacial score (nSPS) is 11.5. The molecule has 7 heteroatoms. The van der Waals surface area contributed by atoms with E-state index in [0.717, 1.165) is 18.9 Å². The van der Waals surface area contributed by atoms with Crippen molar-refractivity contribution in [3.8, 4) is 0 Å². The quantitative estimate of drug-likeness (QED) is 0.447. The first-order valence-electron chi connectivity index (χ1n) is 6.48. The van der Waals surface area contributed by atoms with Gasteiger partial charge in [-0.25, -0.2) is 4.79 Å². The summed E-state index contributed by atoms with van der Waals surface area (Å²) in [5.41, 5.74) is 0. The van der Waals surface area contributed by atoms with Crippen molar-refractivity contribution < 1.29 is 23.2 Å². The topological polar surface area (TPSA) is 77.0 Å². The van der Waals surface area contributed by atoms with Gasteiger partial charge >= 0.3 is 14.9 Å². The van der Waals surface area contributed by atoms with Crippen LogP contribution in [0, 0.1) is 0 Å². The van der Waals surface area contributed by atoms with Crippen molar-refractivity contribution in [1.82, 2.24) is 5.32 Å². The number of carboxylic acid groups (broad SMARTS) is 1. The van der Waals surface area contributed by atoms with Crippen molar-refractivity contribution >= 4 is 14.9 Å².